The highest BCUT2D eigenvalue weighted by atomic mass is 79.9. The van der Waals surface area contributed by atoms with Crippen molar-refractivity contribution in [3.8, 4) is 0 Å². The summed E-state index contributed by atoms with van der Waals surface area (Å²) in [6.07, 6.45) is 16.1. The van der Waals surface area contributed by atoms with E-state index in [0.29, 0.717) is 12.5 Å². The second kappa shape index (κ2) is 13.1. The molecule has 0 bridgehead atoms. The highest BCUT2D eigenvalue weighted by Crippen LogP contribution is 2.33. The fourth-order valence-electron chi connectivity index (χ4n) is 2.86. The van der Waals surface area contributed by atoms with E-state index in [2.05, 4.69) is 36.7 Å². The van der Waals surface area contributed by atoms with Gasteiger partial charge in [-0.2, -0.15) is 0 Å². The van der Waals surface area contributed by atoms with Crippen LogP contribution in [0.3, 0.4) is 0 Å². The van der Waals surface area contributed by atoms with Gasteiger partial charge in [-0.1, -0.05) is 87.1 Å². The Labute approximate surface area is 136 Å². The molecule has 0 aliphatic rings. The molecule has 0 saturated carbocycles. The molecule has 0 aliphatic carbocycles. The monoisotopic (exact) mass is 348 g/mol. The lowest BCUT2D eigenvalue weighted by atomic mass is 9.87. The lowest BCUT2D eigenvalue weighted by Gasteiger charge is -2.28. The highest BCUT2D eigenvalue weighted by molar-refractivity contribution is 9.10. The molecule has 0 radical (unpaired) electrons. The minimum Gasteiger partial charge on any atom is -0.396 e. The van der Waals surface area contributed by atoms with E-state index < -0.39 is 0 Å². The van der Waals surface area contributed by atoms with Gasteiger partial charge in [0.25, 0.3) is 0 Å². The first-order valence-corrected chi connectivity index (χ1v) is 9.61. The molecule has 20 heavy (non-hydrogen) atoms. The summed E-state index contributed by atoms with van der Waals surface area (Å²) in [5.74, 6) is 0.599. The summed E-state index contributed by atoms with van der Waals surface area (Å²) >= 11 is 3.76. The number of halogens is 1. The van der Waals surface area contributed by atoms with Crippen LogP contribution in [0.25, 0.3) is 0 Å². The standard InChI is InChI=1S/C18H37BrO/c1-4-5-6-7-8-9-10-11-12-13-14-17(15-16-20)18(2,3)19/h17,20H,4-16H2,1-3H3. The third-order valence-corrected chi connectivity index (χ3v) is 5.00. The molecule has 0 fully saturated rings. The van der Waals surface area contributed by atoms with Crippen molar-refractivity contribution in [3.63, 3.8) is 0 Å². The van der Waals surface area contributed by atoms with Crippen LogP contribution < -0.4 is 0 Å². The van der Waals surface area contributed by atoms with Crippen LogP contribution in [0.2, 0.25) is 0 Å². The third kappa shape index (κ3) is 12.2. The Morgan fingerprint density at radius 3 is 1.65 bits per heavy atom. The summed E-state index contributed by atoms with van der Waals surface area (Å²) in [6, 6.07) is 0. The highest BCUT2D eigenvalue weighted by Gasteiger charge is 2.25. The molecule has 122 valence electrons. The molecule has 1 atom stereocenters. The van der Waals surface area contributed by atoms with E-state index >= 15 is 0 Å². The van der Waals surface area contributed by atoms with Gasteiger partial charge in [0, 0.05) is 10.9 Å². The summed E-state index contributed by atoms with van der Waals surface area (Å²) in [4.78, 5) is 0. The quantitative estimate of drug-likeness (QED) is 0.281. The Hall–Kier alpha value is 0.440. The fourth-order valence-corrected chi connectivity index (χ4v) is 3.32. The van der Waals surface area contributed by atoms with E-state index in [-0.39, 0.29) is 4.32 Å². The van der Waals surface area contributed by atoms with Crippen molar-refractivity contribution in [2.75, 3.05) is 6.61 Å². The molecule has 0 saturated heterocycles. The zero-order valence-corrected chi connectivity index (χ0v) is 15.7. The molecular weight excluding hydrogens is 312 g/mol. The second-order valence-electron chi connectivity index (χ2n) is 6.74. The van der Waals surface area contributed by atoms with Gasteiger partial charge in [0.05, 0.1) is 0 Å². The fraction of sp³-hybridized carbons (Fsp3) is 1.00. The van der Waals surface area contributed by atoms with E-state index in [9.17, 15) is 0 Å². The van der Waals surface area contributed by atoms with Crippen LogP contribution >= 0.6 is 15.9 Å². The third-order valence-electron chi connectivity index (χ3n) is 4.35. The summed E-state index contributed by atoms with van der Waals surface area (Å²) in [6.45, 7) is 7.04. The number of aliphatic hydroxyl groups is 1. The summed E-state index contributed by atoms with van der Waals surface area (Å²) in [5, 5.41) is 9.14. The van der Waals surface area contributed by atoms with Crippen LogP contribution in [0.4, 0.5) is 0 Å². The number of hydrogen-bond donors (Lipinski definition) is 1. The molecule has 1 nitrogen and oxygen atoms in total. The summed E-state index contributed by atoms with van der Waals surface area (Å²) in [7, 11) is 0. The molecule has 0 rings (SSSR count). The Morgan fingerprint density at radius 2 is 1.25 bits per heavy atom. The first-order valence-electron chi connectivity index (χ1n) is 8.82. The van der Waals surface area contributed by atoms with E-state index in [0.717, 1.165) is 6.42 Å². The first kappa shape index (κ1) is 20.4. The number of rotatable bonds is 14. The van der Waals surface area contributed by atoms with Crippen LogP contribution in [0.5, 0.6) is 0 Å². The molecule has 1 N–H and O–H groups in total. The number of unbranched alkanes of at least 4 members (excludes halogenated alkanes) is 9. The van der Waals surface area contributed by atoms with Crippen LogP contribution in [-0.2, 0) is 0 Å². The van der Waals surface area contributed by atoms with Crippen LogP contribution in [0, 0.1) is 5.92 Å². The largest absolute Gasteiger partial charge is 0.396 e. The number of aliphatic hydroxyl groups excluding tert-OH is 1. The minimum atomic E-state index is 0.162. The lowest BCUT2D eigenvalue weighted by Crippen LogP contribution is -2.25. The molecular formula is C18H37BrO. The molecule has 0 amide bonds. The maximum Gasteiger partial charge on any atom is 0.0434 e. The average Bonchev–Trinajstić information content (AvgIpc) is 2.38. The van der Waals surface area contributed by atoms with Gasteiger partial charge in [-0.15, -0.1) is 0 Å². The van der Waals surface area contributed by atoms with E-state index in [1.54, 1.807) is 0 Å². The normalized spacial score (nSPS) is 13.7. The summed E-state index contributed by atoms with van der Waals surface area (Å²) in [5.41, 5.74) is 0. The van der Waals surface area contributed by atoms with Gasteiger partial charge in [-0.05, 0) is 32.6 Å². The van der Waals surface area contributed by atoms with Crippen molar-refractivity contribution in [1.82, 2.24) is 0 Å². The molecule has 0 aromatic heterocycles. The molecule has 0 heterocycles. The average molecular weight is 349 g/mol. The Balaban J connectivity index is 3.41. The number of hydrogen-bond acceptors (Lipinski definition) is 1. The lowest BCUT2D eigenvalue weighted by molar-refractivity contribution is 0.233. The van der Waals surface area contributed by atoms with Crippen molar-refractivity contribution in [1.29, 1.82) is 0 Å². The Kier molecular flexibility index (Phi) is 13.4. The van der Waals surface area contributed by atoms with Crippen LogP contribution in [0.15, 0.2) is 0 Å². The van der Waals surface area contributed by atoms with Gasteiger partial charge < -0.3 is 5.11 Å². The van der Waals surface area contributed by atoms with E-state index in [1.165, 1.54) is 70.6 Å². The predicted octanol–water partition coefficient (Wildman–Crippen LogP) is 6.47. The summed E-state index contributed by atoms with van der Waals surface area (Å²) < 4.78 is 0.162. The maximum atomic E-state index is 9.14. The molecule has 2 heteroatoms. The Bertz CT molecular complexity index is 198. The van der Waals surface area contributed by atoms with Gasteiger partial charge in [-0.3, -0.25) is 0 Å². The van der Waals surface area contributed by atoms with E-state index in [1.807, 2.05) is 0 Å². The van der Waals surface area contributed by atoms with Gasteiger partial charge in [0.1, 0.15) is 0 Å². The number of alkyl halides is 1. The maximum absolute atomic E-state index is 9.14. The first-order chi connectivity index (χ1) is 9.52. The van der Waals surface area contributed by atoms with E-state index in [4.69, 9.17) is 5.11 Å². The Morgan fingerprint density at radius 1 is 0.800 bits per heavy atom. The van der Waals surface area contributed by atoms with Gasteiger partial charge in [0.2, 0.25) is 0 Å². The topological polar surface area (TPSA) is 20.2 Å². The van der Waals surface area contributed by atoms with Crippen molar-refractivity contribution >= 4 is 15.9 Å². The van der Waals surface area contributed by atoms with Gasteiger partial charge in [-0.25, -0.2) is 0 Å². The molecule has 0 aliphatic heterocycles. The molecule has 0 spiro atoms. The predicted molar refractivity (Wildman–Crippen MR) is 94.7 cm³/mol. The molecule has 0 aromatic carbocycles. The zero-order chi connectivity index (χ0) is 15.3. The van der Waals surface area contributed by atoms with Crippen LogP contribution in [0.1, 0.15) is 97.8 Å². The molecule has 0 aromatic rings. The van der Waals surface area contributed by atoms with Crippen molar-refractivity contribution in [2.45, 2.75) is 102 Å². The van der Waals surface area contributed by atoms with Crippen molar-refractivity contribution in [3.05, 3.63) is 0 Å². The smallest absolute Gasteiger partial charge is 0.0434 e. The van der Waals surface area contributed by atoms with Gasteiger partial charge in [0.15, 0.2) is 0 Å². The van der Waals surface area contributed by atoms with Crippen molar-refractivity contribution in [2.24, 2.45) is 5.92 Å². The van der Waals surface area contributed by atoms with Crippen molar-refractivity contribution < 1.29 is 5.11 Å². The minimum absolute atomic E-state index is 0.162. The van der Waals surface area contributed by atoms with Gasteiger partial charge >= 0.3 is 0 Å². The second-order valence-corrected chi connectivity index (χ2v) is 8.79. The zero-order valence-electron chi connectivity index (χ0n) is 14.1. The SMILES string of the molecule is CCCCCCCCCCCCC(CCO)C(C)(C)Br. The van der Waals surface area contributed by atoms with Crippen LogP contribution in [-0.4, -0.2) is 16.0 Å². The molecule has 1 unspecified atom stereocenters.